The minimum absolute atomic E-state index is 0.0339. The molecule has 0 unspecified atom stereocenters. The highest BCUT2D eigenvalue weighted by molar-refractivity contribution is 5.71. The fraction of sp³-hybridized carbons (Fsp3) is 0.556. The van der Waals surface area contributed by atoms with Gasteiger partial charge in [0.15, 0.2) is 0 Å². The molecule has 3 saturated carbocycles. The summed E-state index contributed by atoms with van der Waals surface area (Å²) in [6.45, 7) is 4.21. The van der Waals surface area contributed by atoms with E-state index in [0.29, 0.717) is 12.8 Å². The van der Waals surface area contributed by atoms with E-state index in [1.54, 1.807) is 0 Å². The highest BCUT2D eigenvalue weighted by atomic mass is 16.4. The summed E-state index contributed by atoms with van der Waals surface area (Å²) in [5.74, 6) is -0.0339. The van der Waals surface area contributed by atoms with Gasteiger partial charge >= 0.3 is 12.2 Å². The van der Waals surface area contributed by atoms with E-state index < -0.39 is 23.3 Å². The predicted molar refractivity (Wildman–Crippen MR) is 89.1 cm³/mol. The van der Waals surface area contributed by atoms with Crippen molar-refractivity contribution in [3.8, 4) is 0 Å². The van der Waals surface area contributed by atoms with E-state index >= 15 is 0 Å². The second kappa shape index (κ2) is 5.40. The summed E-state index contributed by atoms with van der Waals surface area (Å²) in [7, 11) is 0. The molecule has 0 spiro atoms. The van der Waals surface area contributed by atoms with Gasteiger partial charge in [0, 0.05) is 5.92 Å². The van der Waals surface area contributed by atoms with E-state index in [2.05, 4.69) is 36.6 Å². The molecule has 2 bridgehead atoms. The normalized spacial score (nSPS) is 30.7. The highest BCUT2D eigenvalue weighted by Crippen LogP contribution is 2.70. The molecule has 0 atom stereocenters. The van der Waals surface area contributed by atoms with E-state index in [-0.39, 0.29) is 11.3 Å². The third-order valence-corrected chi connectivity index (χ3v) is 5.76. The maximum Gasteiger partial charge on any atom is 0.405 e. The van der Waals surface area contributed by atoms with Crippen molar-refractivity contribution < 1.29 is 19.8 Å². The number of nitrogens with one attached hydrogen (secondary N) is 2. The molecule has 24 heavy (non-hydrogen) atoms. The van der Waals surface area contributed by atoms with Crippen LogP contribution in [0, 0.1) is 11.3 Å². The van der Waals surface area contributed by atoms with Gasteiger partial charge in [0.2, 0.25) is 0 Å². The lowest BCUT2D eigenvalue weighted by Crippen LogP contribution is -2.92. The fourth-order valence-electron chi connectivity index (χ4n) is 5.25. The van der Waals surface area contributed by atoms with Crippen molar-refractivity contribution in [2.75, 3.05) is 0 Å². The number of benzene rings is 1. The Kier molecular flexibility index (Phi) is 3.73. The average Bonchev–Trinajstić information content (AvgIpc) is 2.42. The van der Waals surface area contributed by atoms with Crippen LogP contribution in [0.25, 0.3) is 0 Å². The van der Waals surface area contributed by atoms with E-state index in [9.17, 15) is 9.59 Å². The number of rotatable bonds is 6. The van der Waals surface area contributed by atoms with Crippen molar-refractivity contribution in [2.45, 2.75) is 50.6 Å². The second-order valence-corrected chi connectivity index (χ2v) is 7.93. The van der Waals surface area contributed by atoms with Gasteiger partial charge in [-0.25, -0.2) is 9.59 Å². The summed E-state index contributed by atoms with van der Waals surface area (Å²) in [6, 6.07) is 10.1. The van der Waals surface area contributed by atoms with Crippen molar-refractivity contribution in [1.82, 2.24) is 10.6 Å². The zero-order chi connectivity index (χ0) is 17.6. The fourth-order valence-corrected chi connectivity index (χ4v) is 5.25. The Morgan fingerprint density at radius 1 is 1.08 bits per heavy atom. The lowest BCUT2D eigenvalue weighted by atomic mass is 9.32. The Morgan fingerprint density at radius 2 is 1.58 bits per heavy atom. The van der Waals surface area contributed by atoms with Gasteiger partial charge < -0.3 is 20.8 Å². The maximum atomic E-state index is 11.2. The number of carbonyl (C=O) groups is 2. The first-order valence-electron chi connectivity index (χ1n) is 8.25. The van der Waals surface area contributed by atoms with Crippen LogP contribution in [0.2, 0.25) is 0 Å². The Hall–Kier alpha value is -2.24. The molecule has 130 valence electrons. The molecule has 0 aliphatic heterocycles. The van der Waals surface area contributed by atoms with Crippen LogP contribution < -0.4 is 10.6 Å². The molecule has 1 aromatic rings. The van der Waals surface area contributed by atoms with Crippen LogP contribution in [0.1, 0.15) is 38.7 Å². The van der Waals surface area contributed by atoms with Gasteiger partial charge in [-0.2, -0.15) is 0 Å². The van der Waals surface area contributed by atoms with Gasteiger partial charge in [0.1, 0.15) is 0 Å². The lowest BCUT2D eigenvalue weighted by molar-refractivity contribution is -0.219. The third-order valence-electron chi connectivity index (χ3n) is 5.76. The first-order valence-corrected chi connectivity index (χ1v) is 8.25. The van der Waals surface area contributed by atoms with Crippen LogP contribution in [-0.4, -0.2) is 33.5 Å². The number of hydrogen-bond acceptors (Lipinski definition) is 2. The number of aryl methyl sites for hydroxylation is 1. The van der Waals surface area contributed by atoms with E-state index in [4.69, 9.17) is 10.2 Å². The molecule has 0 aromatic heterocycles. The van der Waals surface area contributed by atoms with Crippen LogP contribution in [0.15, 0.2) is 30.3 Å². The molecule has 0 radical (unpaired) electrons. The van der Waals surface area contributed by atoms with E-state index in [1.165, 1.54) is 5.56 Å². The molecule has 3 fully saturated rings. The average molecular weight is 332 g/mol. The first-order chi connectivity index (χ1) is 11.2. The predicted octanol–water partition coefficient (Wildman–Crippen LogP) is 3.08. The van der Waals surface area contributed by atoms with Crippen molar-refractivity contribution >= 4 is 12.2 Å². The molecule has 2 amide bonds. The van der Waals surface area contributed by atoms with Crippen molar-refractivity contribution in [1.29, 1.82) is 0 Å². The summed E-state index contributed by atoms with van der Waals surface area (Å²) in [4.78, 5) is 22.3. The molecule has 4 N–H and O–H groups in total. The summed E-state index contributed by atoms with van der Waals surface area (Å²) in [5.41, 5.74) is 0.0688. The zero-order valence-electron chi connectivity index (χ0n) is 14.0. The Labute approximate surface area is 141 Å². The molecule has 1 aromatic carbocycles. The van der Waals surface area contributed by atoms with Gasteiger partial charge in [0.05, 0.1) is 11.1 Å². The Morgan fingerprint density at radius 3 is 2.04 bits per heavy atom. The maximum absolute atomic E-state index is 11.2. The molecule has 3 aliphatic carbocycles. The number of hydrogen-bond donors (Lipinski definition) is 4. The largest absolute Gasteiger partial charge is 0.465 e. The minimum atomic E-state index is -1.04. The second-order valence-electron chi connectivity index (χ2n) is 7.93. The summed E-state index contributed by atoms with van der Waals surface area (Å²) in [6.07, 6.45) is 0.755. The molecule has 6 nitrogen and oxygen atoms in total. The standard InChI is InChI=1S/C18H24N2O4/c1-16(2,9-8-12-6-4-3-5-7-12)13-17(19-14(21)22)10-18(13,11-17)20-15(23)24/h3-7,13,19-20H,8-11H2,1-2H3,(H,21,22)(H,23,24). The van der Waals surface area contributed by atoms with Gasteiger partial charge in [-0.3, -0.25) is 0 Å². The number of carboxylic acid groups (broad SMARTS) is 2. The molecule has 6 heteroatoms. The monoisotopic (exact) mass is 332 g/mol. The summed E-state index contributed by atoms with van der Waals surface area (Å²) in [5, 5.41) is 23.6. The van der Waals surface area contributed by atoms with Gasteiger partial charge in [0.25, 0.3) is 0 Å². The molecular weight excluding hydrogens is 308 g/mol. The van der Waals surface area contributed by atoms with E-state index in [1.807, 2.05) is 18.2 Å². The SMILES string of the molecule is CC(C)(CCc1ccccc1)C1C2(NC(=O)O)CC1(NC(=O)O)C2. The van der Waals surface area contributed by atoms with Crippen LogP contribution in [0.4, 0.5) is 9.59 Å². The van der Waals surface area contributed by atoms with Crippen LogP contribution in [-0.2, 0) is 6.42 Å². The zero-order valence-corrected chi connectivity index (χ0v) is 14.0. The van der Waals surface area contributed by atoms with Gasteiger partial charge in [-0.1, -0.05) is 44.2 Å². The first kappa shape index (κ1) is 16.6. The summed E-state index contributed by atoms with van der Waals surface area (Å²) < 4.78 is 0. The van der Waals surface area contributed by atoms with Crippen molar-refractivity contribution in [3.05, 3.63) is 35.9 Å². The Bertz CT molecular complexity index is 622. The lowest BCUT2D eigenvalue weighted by Gasteiger charge is -2.78. The summed E-state index contributed by atoms with van der Waals surface area (Å²) >= 11 is 0. The number of amides is 2. The molecule has 3 aliphatic rings. The van der Waals surface area contributed by atoms with Gasteiger partial charge in [-0.05, 0) is 36.7 Å². The smallest absolute Gasteiger partial charge is 0.405 e. The topological polar surface area (TPSA) is 98.7 Å². The minimum Gasteiger partial charge on any atom is -0.465 e. The van der Waals surface area contributed by atoms with Crippen molar-refractivity contribution in [3.63, 3.8) is 0 Å². The van der Waals surface area contributed by atoms with Crippen LogP contribution in [0.3, 0.4) is 0 Å². The van der Waals surface area contributed by atoms with E-state index in [0.717, 1.165) is 12.8 Å². The van der Waals surface area contributed by atoms with Gasteiger partial charge in [-0.15, -0.1) is 0 Å². The third kappa shape index (κ3) is 2.60. The highest BCUT2D eigenvalue weighted by Gasteiger charge is 2.79. The van der Waals surface area contributed by atoms with Crippen molar-refractivity contribution in [2.24, 2.45) is 11.3 Å². The van der Waals surface area contributed by atoms with Crippen LogP contribution >= 0.6 is 0 Å². The Balaban J connectivity index is 1.75. The molecule has 0 saturated heterocycles. The van der Waals surface area contributed by atoms with Crippen LogP contribution in [0.5, 0.6) is 0 Å². The molecular formula is C18H24N2O4. The molecule has 0 heterocycles. The quantitative estimate of drug-likeness (QED) is 0.643. The molecule has 4 rings (SSSR count).